The lowest BCUT2D eigenvalue weighted by molar-refractivity contribution is -0.139. The van der Waals surface area contributed by atoms with Crippen LogP contribution in [0, 0.1) is 0 Å². The summed E-state index contributed by atoms with van der Waals surface area (Å²) in [6, 6.07) is 8.23. The Hall–Kier alpha value is -1.07. The predicted molar refractivity (Wildman–Crippen MR) is 70.7 cm³/mol. The van der Waals surface area contributed by atoms with Crippen LogP contribution in [0.3, 0.4) is 0 Å². The number of benzene rings is 1. The van der Waals surface area contributed by atoms with Gasteiger partial charge >= 0.3 is 5.97 Å². The van der Waals surface area contributed by atoms with Gasteiger partial charge < -0.3 is 10.4 Å². The fourth-order valence-corrected chi connectivity index (χ4v) is 2.16. The molecule has 5 heteroatoms. The number of thiocarbonyl (C=S) groups is 1. The van der Waals surface area contributed by atoms with E-state index in [-0.39, 0.29) is 0 Å². The fourth-order valence-electron chi connectivity index (χ4n) is 1.22. The third-order valence-corrected chi connectivity index (χ3v) is 3.06. The van der Waals surface area contributed by atoms with Crippen LogP contribution in [-0.4, -0.2) is 21.1 Å². The van der Waals surface area contributed by atoms with E-state index in [0.717, 1.165) is 5.75 Å². The molecule has 0 radical (unpaired) electrons. The molecule has 1 aromatic carbocycles. The van der Waals surface area contributed by atoms with Crippen molar-refractivity contribution in [1.82, 2.24) is 5.32 Å². The summed E-state index contributed by atoms with van der Waals surface area (Å²) in [6.45, 7) is 1.97. The average molecular weight is 255 g/mol. The number of rotatable bonds is 4. The van der Waals surface area contributed by atoms with Gasteiger partial charge in [-0.3, -0.25) is 0 Å². The van der Waals surface area contributed by atoms with Crippen molar-refractivity contribution in [2.45, 2.75) is 13.0 Å². The van der Waals surface area contributed by atoms with Crippen LogP contribution in [-0.2, 0) is 4.79 Å². The number of hydrogen-bond acceptors (Lipinski definition) is 3. The minimum atomic E-state index is -0.926. The molecule has 0 aliphatic carbocycles. The van der Waals surface area contributed by atoms with E-state index < -0.39 is 12.0 Å². The van der Waals surface area contributed by atoms with E-state index in [1.54, 1.807) is 12.1 Å². The van der Waals surface area contributed by atoms with Crippen molar-refractivity contribution < 1.29 is 9.90 Å². The number of thioether (sulfide) groups is 1. The Labute approximate surface area is 104 Å². The predicted octanol–water partition coefficient (Wildman–Crippen LogP) is 2.44. The lowest BCUT2D eigenvalue weighted by atomic mass is 10.1. The van der Waals surface area contributed by atoms with Gasteiger partial charge in [-0.15, -0.1) is 0 Å². The molecule has 1 aromatic rings. The molecular formula is C11H13NO2S2. The zero-order chi connectivity index (χ0) is 12.0. The monoisotopic (exact) mass is 255 g/mol. The highest BCUT2D eigenvalue weighted by atomic mass is 32.2. The third kappa shape index (κ3) is 3.83. The molecular weight excluding hydrogens is 242 g/mol. The Morgan fingerprint density at radius 2 is 2.12 bits per heavy atom. The minimum Gasteiger partial charge on any atom is -0.479 e. The highest BCUT2D eigenvalue weighted by Crippen LogP contribution is 2.14. The summed E-state index contributed by atoms with van der Waals surface area (Å²) in [7, 11) is 0. The van der Waals surface area contributed by atoms with Gasteiger partial charge in [-0.1, -0.05) is 61.2 Å². The van der Waals surface area contributed by atoms with E-state index in [1.807, 2.05) is 25.1 Å². The molecule has 0 heterocycles. The van der Waals surface area contributed by atoms with Crippen molar-refractivity contribution in [1.29, 1.82) is 0 Å². The summed E-state index contributed by atoms with van der Waals surface area (Å²) in [5.41, 5.74) is 0.703. The van der Waals surface area contributed by atoms with Gasteiger partial charge in [0.25, 0.3) is 0 Å². The highest BCUT2D eigenvalue weighted by molar-refractivity contribution is 8.22. The molecule has 0 fully saturated rings. The van der Waals surface area contributed by atoms with Gasteiger partial charge in [0.1, 0.15) is 4.32 Å². The Kier molecular flexibility index (Phi) is 5.28. The zero-order valence-corrected chi connectivity index (χ0v) is 10.5. The standard InChI is InChI=1S/C11H13NO2S2/c1-2-16-11(15)12-9(10(13)14)8-6-4-3-5-7-8/h3-7,9H,2H2,1H3,(H,12,15)(H,13,14)/t9-/m1/s1. The Balaban J connectivity index is 2.77. The maximum atomic E-state index is 11.1. The normalized spacial score (nSPS) is 11.8. The van der Waals surface area contributed by atoms with Crippen LogP contribution in [0.15, 0.2) is 30.3 Å². The molecule has 86 valence electrons. The SMILES string of the molecule is CCSC(=S)N[C@@H](C(=O)O)c1ccccc1. The van der Waals surface area contributed by atoms with Crippen molar-refractivity contribution in [2.75, 3.05) is 5.75 Å². The number of nitrogens with one attached hydrogen (secondary N) is 1. The van der Waals surface area contributed by atoms with Crippen LogP contribution in [0.1, 0.15) is 18.5 Å². The van der Waals surface area contributed by atoms with Crippen LogP contribution < -0.4 is 5.32 Å². The maximum Gasteiger partial charge on any atom is 0.330 e. The lowest BCUT2D eigenvalue weighted by Gasteiger charge is -2.15. The average Bonchev–Trinajstić information content (AvgIpc) is 2.27. The molecule has 0 saturated carbocycles. The smallest absolute Gasteiger partial charge is 0.330 e. The van der Waals surface area contributed by atoms with Crippen LogP contribution >= 0.6 is 24.0 Å². The van der Waals surface area contributed by atoms with Gasteiger partial charge in [0.05, 0.1) is 0 Å². The number of carboxylic acids is 1. The number of carboxylic acid groups (broad SMARTS) is 1. The Bertz CT molecular complexity index is 368. The van der Waals surface area contributed by atoms with Gasteiger partial charge in [0.2, 0.25) is 0 Å². The van der Waals surface area contributed by atoms with Gasteiger partial charge in [0, 0.05) is 0 Å². The summed E-state index contributed by atoms with van der Waals surface area (Å²) in [5, 5.41) is 11.9. The first-order chi connectivity index (χ1) is 7.65. The quantitative estimate of drug-likeness (QED) is 0.809. The van der Waals surface area contributed by atoms with Crippen molar-refractivity contribution in [3.05, 3.63) is 35.9 Å². The second kappa shape index (κ2) is 6.50. The summed E-state index contributed by atoms with van der Waals surface area (Å²) >= 11 is 6.47. The van der Waals surface area contributed by atoms with Crippen LogP contribution in [0.5, 0.6) is 0 Å². The summed E-state index contributed by atoms with van der Waals surface area (Å²) in [5.74, 6) is -0.0993. The van der Waals surface area contributed by atoms with Crippen molar-refractivity contribution >= 4 is 34.3 Å². The molecule has 3 nitrogen and oxygen atoms in total. The molecule has 1 atom stereocenters. The first-order valence-corrected chi connectivity index (χ1v) is 6.25. The summed E-state index contributed by atoms with van der Waals surface area (Å²) < 4.78 is 0.513. The van der Waals surface area contributed by atoms with Gasteiger partial charge in [-0.05, 0) is 11.3 Å². The van der Waals surface area contributed by atoms with Crippen molar-refractivity contribution in [3.8, 4) is 0 Å². The van der Waals surface area contributed by atoms with Crippen LogP contribution in [0.2, 0.25) is 0 Å². The second-order valence-electron chi connectivity index (χ2n) is 3.05. The van der Waals surface area contributed by atoms with E-state index in [1.165, 1.54) is 11.8 Å². The van der Waals surface area contributed by atoms with Gasteiger partial charge in [-0.25, -0.2) is 4.79 Å². The van der Waals surface area contributed by atoms with Gasteiger partial charge in [-0.2, -0.15) is 0 Å². The van der Waals surface area contributed by atoms with E-state index in [2.05, 4.69) is 5.32 Å². The third-order valence-electron chi connectivity index (χ3n) is 1.92. The second-order valence-corrected chi connectivity index (χ2v) is 4.99. The van der Waals surface area contributed by atoms with Gasteiger partial charge in [0.15, 0.2) is 6.04 Å². The first-order valence-electron chi connectivity index (χ1n) is 4.86. The molecule has 2 N–H and O–H groups in total. The minimum absolute atomic E-state index is 0.513. The highest BCUT2D eigenvalue weighted by Gasteiger charge is 2.19. The zero-order valence-electron chi connectivity index (χ0n) is 8.84. The van der Waals surface area contributed by atoms with Crippen molar-refractivity contribution in [2.24, 2.45) is 0 Å². The molecule has 0 aliphatic heterocycles. The maximum absolute atomic E-state index is 11.1. The van der Waals surface area contributed by atoms with E-state index in [9.17, 15) is 4.79 Å². The van der Waals surface area contributed by atoms with E-state index in [4.69, 9.17) is 17.3 Å². The topological polar surface area (TPSA) is 49.3 Å². The largest absolute Gasteiger partial charge is 0.479 e. The molecule has 0 aliphatic rings. The summed E-state index contributed by atoms with van der Waals surface area (Å²) in [4.78, 5) is 11.1. The number of aliphatic carboxylic acids is 1. The van der Waals surface area contributed by atoms with Crippen LogP contribution in [0.25, 0.3) is 0 Å². The Morgan fingerprint density at radius 1 is 1.50 bits per heavy atom. The van der Waals surface area contributed by atoms with E-state index >= 15 is 0 Å². The molecule has 1 rings (SSSR count). The molecule has 0 saturated heterocycles. The lowest BCUT2D eigenvalue weighted by Crippen LogP contribution is -2.31. The summed E-state index contributed by atoms with van der Waals surface area (Å²) in [6.07, 6.45) is 0. The van der Waals surface area contributed by atoms with Crippen LogP contribution in [0.4, 0.5) is 0 Å². The molecule has 0 unspecified atom stereocenters. The molecule has 16 heavy (non-hydrogen) atoms. The molecule has 0 spiro atoms. The van der Waals surface area contributed by atoms with Crippen molar-refractivity contribution in [3.63, 3.8) is 0 Å². The fraction of sp³-hybridized carbons (Fsp3) is 0.273. The molecule has 0 aromatic heterocycles. The number of hydrogen-bond donors (Lipinski definition) is 2. The Morgan fingerprint density at radius 3 is 2.62 bits per heavy atom. The van der Waals surface area contributed by atoms with E-state index in [0.29, 0.717) is 9.88 Å². The number of carbonyl (C=O) groups is 1. The molecule has 0 bridgehead atoms. The first kappa shape index (κ1) is 13.0. The molecule has 0 amide bonds.